The van der Waals surface area contributed by atoms with E-state index in [1.807, 2.05) is 6.07 Å². The lowest BCUT2D eigenvalue weighted by Gasteiger charge is -2.10. The number of halogens is 1. The molecule has 0 bridgehead atoms. The van der Waals surface area contributed by atoms with Gasteiger partial charge in [-0.3, -0.25) is 0 Å². The second-order valence-corrected chi connectivity index (χ2v) is 4.88. The lowest BCUT2D eigenvalue weighted by atomic mass is 10.1. The van der Waals surface area contributed by atoms with Crippen molar-refractivity contribution in [1.29, 1.82) is 0 Å². The fraction of sp³-hybridized carbons (Fsp3) is 0.250. The number of aryl methyl sites for hydroxylation is 2. The van der Waals surface area contributed by atoms with Crippen LogP contribution >= 0.6 is 0 Å². The van der Waals surface area contributed by atoms with Gasteiger partial charge in [-0.2, -0.15) is 0 Å². The van der Waals surface area contributed by atoms with Crippen molar-refractivity contribution in [1.82, 2.24) is 0 Å². The summed E-state index contributed by atoms with van der Waals surface area (Å²) in [4.78, 5) is 0. The number of hydrogen-bond donors (Lipinski definition) is 1. The van der Waals surface area contributed by atoms with Gasteiger partial charge in [0.05, 0.1) is 0 Å². The van der Waals surface area contributed by atoms with Crippen LogP contribution < -0.4 is 10.5 Å². The minimum Gasteiger partial charge on any atom is -0.489 e. The maximum absolute atomic E-state index is 13.6. The average molecular weight is 257 g/mol. The van der Waals surface area contributed by atoms with Crippen molar-refractivity contribution in [2.45, 2.75) is 25.9 Å². The van der Waals surface area contributed by atoms with Gasteiger partial charge in [0.2, 0.25) is 0 Å². The molecule has 1 aliphatic carbocycles. The first-order valence-electron chi connectivity index (χ1n) is 6.51. The molecule has 0 fully saturated rings. The first-order valence-corrected chi connectivity index (χ1v) is 6.51. The van der Waals surface area contributed by atoms with E-state index >= 15 is 0 Å². The summed E-state index contributed by atoms with van der Waals surface area (Å²) < 4.78 is 19.3. The zero-order chi connectivity index (χ0) is 13.2. The molecule has 0 spiro atoms. The quantitative estimate of drug-likeness (QED) is 0.854. The molecule has 0 atom stereocenters. The van der Waals surface area contributed by atoms with Crippen molar-refractivity contribution in [3.8, 4) is 5.75 Å². The molecule has 0 aliphatic heterocycles. The summed E-state index contributed by atoms with van der Waals surface area (Å²) in [6.45, 7) is 0.164. The molecule has 0 saturated heterocycles. The van der Waals surface area contributed by atoms with E-state index < -0.39 is 0 Å². The number of benzene rings is 2. The van der Waals surface area contributed by atoms with E-state index in [4.69, 9.17) is 10.5 Å². The van der Waals surface area contributed by atoms with Crippen LogP contribution in [0.15, 0.2) is 36.4 Å². The first-order chi connectivity index (χ1) is 9.24. The molecule has 2 aromatic rings. The van der Waals surface area contributed by atoms with Gasteiger partial charge >= 0.3 is 0 Å². The van der Waals surface area contributed by atoms with E-state index in [1.165, 1.54) is 23.6 Å². The first kappa shape index (κ1) is 12.0. The smallest absolute Gasteiger partial charge is 0.131 e. The van der Waals surface area contributed by atoms with Crippen molar-refractivity contribution < 1.29 is 9.13 Å². The SMILES string of the molecule is Nc1cccc(F)c1COc1ccc2c(c1)CCC2. The zero-order valence-corrected chi connectivity index (χ0v) is 10.7. The van der Waals surface area contributed by atoms with Crippen molar-refractivity contribution in [3.63, 3.8) is 0 Å². The molecule has 0 saturated carbocycles. The Balaban J connectivity index is 1.76. The lowest BCUT2D eigenvalue weighted by molar-refractivity contribution is 0.300. The fourth-order valence-electron chi connectivity index (χ4n) is 2.52. The normalized spacial score (nSPS) is 13.3. The van der Waals surface area contributed by atoms with Crippen molar-refractivity contribution in [3.05, 3.63) is 58.9 Å². The van der Waals surface area contributed by atoms with Gasteiger partial charge in [-0.05, 0) is 54.7 Å². The van der Waals surface area contributed by atoms with E-state index in [2.05, 4.69) is 12.1 Å². The Labute approximate surface area is 112 Å². The molecule has 19 heavy (non-hydrogen) atoms. The van der Waals surface area contributed by atoms with Crippen molar-refractivity contribution >= 4 is 5.69 Å². The topological polar surface area (TPSA) is 35.2 Å². The maximum Gasteiger partial charge on any atom is 0.131 e. The van der Waals surface area contributed by atoms with Crippen LogP contribution in [-0.2, 0) is 19.4 Å². The van der Waals surface area contributed by atoms with Gasteiger partial charge in [-0.25, -0.2) is 4.39 Å². The second kappa shape index (κ2) is 4.92. The third kappa shape index (κ3) is 2.41. The highest BCUT2D eigenvalue weighted by atomic mass is 19.1. The molecular weight excluding hydrogens is 241 g/mol. The van der Waals surface area contributed by atoms with Gasteiger partial charge in [0.1, 0.15) is 18.2 Å². The summed E-state index contributed by atoms with van der Waals surface area (Å²) in [7, 11) is 0. The Morgan fingerprint density at radius 3 is 2.79 bits per heavy atom. The average Bonchev–Trinajstić information content (AvgIpc) is 2.85. The molecule has 2 aromatic carbocycles. The van der Waals surface area contributed by atoms with Gasteiger partial charge in [-0.1, -0.05) is 12.1 Å². The number of nitrogens with two attached hydrogens (primary N) is 1. The number of ether oxygens (including phenoxy) is 1. The van der Waals surface area contributed by atoms with E-state index in [0.29, 0.717) is 11.3 Å². The van der Waals surface area contributed by atoms with Crippen LogP contribution in [0.1, 0.15) is 23.1 Å². The van der Waals surface area contributed by atoms with E-state index in [9.17, 15) is 4.39 Å². The highest BCUT2D eigenvalue weighted by Crippen LogP contribution is 2.27. The minimum atomic E-state index is -0.318. The predicted molar refractivity (Wildman–Crippen MR) is 73.6 cm³/mol. The van der Waals surface area contributed by atoms with Crippen LogP contribution in [0.4, 0.5) is 10.1 Å². The number of hydrogen-bond acceptors (Lipinski definition) is 2. The Bertz CT molecular complexity index is 589. The Morgan fingerprint density at radius 1 is 1.11 bits per heavy atom. The van der Waals surface area contributed by atoms with Gasteiger partial charge in [0.15, 0.2) is 0 Å². The lowest BCUT2D eigenvalue weighted by Crippen LogP contribution is -2.03. The largest absolute Gasteiger partial charge is 0.489 e. The molecule has 0 radical (unpaired) electrons. The van der Waals surface area contributed by atoms with Crippen molar-refractivity contribution in [2.75, 3.05) is 5.73 Å². The number of fused-ring (bicyclic) bond motifs is 1. The molecule has 2 N–H and O–H groups in total. The standard InChI is InChI=1S/C16H16FNO/c17-15-5-2-6-16(18)14(15)10-19-13-8-7-11-3-1-4-12(11)9-13/h2,5-9H,1,3-4,10,18H2. The van der Waals surface area contributed by atoms with Crippen LogP contribution in [0.2, 0.25) is 0 Å². The molecule has 3 rings (SSSR count). The zero-order valence-electron chi connectivity index (χ0n) is 10.7. The van der Waals surface area contributed by atoms with Crippen molar-refractivity contribution in [2.24, 2.45) is 0 Å². The van der Waals surface area contributed by atoms with E-state index in [0.717, 1.165) is 18.6 Å². The molecule has 98 valence electrons. The summed E-state index contributed by atoms with van der Waals surface area (Å²) in [5.74, 6) is 0.462. The number of rotatable bonds is 3. The van der Waals surface area contributed by atoms with Crippen LogP contribution in [-0.4, -0.2) is 0 Å². The third-order valence-electron chi connectivity index (χ3n) is 3.61. The molecule has 2 nitrogen and oxygen atoms in total. The highest BCUT2D eigenvalue weighted by Gasteiger charge is 2.12. The summed E-state index contributed by atoms with van der Waals surface area (Å²) in [5, 5.41) is 0. The van der Waals surface area contributed by atoms with Crippen LogP contribution in [0, 0.1) is 5.82 Å². The summed E-state index contributed by atoms with van der Waals surface area (Å²) >= 11 is 0. The number of nitrogen functional groups attached to an aromatic ring is 1. The van der Waals surface area contributed by atoms with Gasteiger partial charge in [0, 0.05) is 11.3 Å². The van der Waals surface area contributed by atoms with Gasteiger partial charge in [0.25, 0.3) is 0 Å². The Kier molecular flexibility index (Phi) is 3.11. The van der Waals surface area contributed by atoms with Crippen LogP contribution in [0.5, 0.6) is 5.75 Å². The molecule has 0 heterocycles. The molecule has 0 aromatic heterocycles. The molecular formula is C16H16FNO. The fourth-order valence-corrected chi connectivity index (χ4v) is 2.52. The monoisotopic (exact) mass is 257 g/mol. The molecule has 3 heteroatoms. The number of anilines is 1. The Hall–Kier alpha value is -2.03. The van der Waals surface area contributed by atoms with Gasteiger partial charge in [-0.15, -0.1) is 0 Å². The molecule has 0 amide bonds. The molecule has 1 aliphatic rings. The summed E-state index contributed by atoms with van der Waals surface area (Å²) in [6, 6.07) is 10.8. The minimum absolute atomic E-state index is 0.164. The van der Waals surface area contributed by atoms with E-state index in [1.54, 1.807) is 12.1 Å². The second-order valence-electron chi connectivity index (χ2n) is 4.88. The summed E-state index contributed by atoms with van der Waals surface area (Å²) in [6.07, 6.45) is 3.46. The Morgan fingerprint density at radius 2 is 1.95 bits per heavy atom. The highest BCUT2D eigenvalue weighted by molar-refractivity contribution is 5.47. The van der Waals surface area contributed by atoms with Crippen LogP contribution in [0.25, 0.3) is 0 Å². The molecule has 0 unspecified atom stereocenters. The third-order valence-corrected chi connectivity index (χ3v) is 3.61. The predicted octanol–water partition coefficient (Wildman–Crippen LogP) is 3.48. The summed E-state index contributed by atoms with van der Waals surface area (Å²) in [5.41, 5.74) is 9.35. The van der Waals surface area contributed by atoms with E-state index in [-0.39, 0.29) is 12.4 Å². The van der Waals surface area contributed by atoms with Crippen LogP contribution in [0.3, 0.4) is 0 Å². The maximum atomic E-state index is 13.6. The van der Waals surface area contributed by atoms with Gasteiger partial charge < -0.3 is 10.5 Å².